The van der Waals surface area contributed by atoms with Crippen LogP contribution in [0.5, 0.6) is 5.75 Å². The predicted molar refractivity (Wildman–Crippen MR) is 87.6 cm³/mol. The molecule has 116 valence electrons. The fourth-order valence-corrected chi connectivity index (χ4v) is 3.80. The van der Waals surface area contributed by atoms with E-state index in [9.17, 15) is 0 Å². The SMILES string of the molecule is COc1ccc(C(N[C@H](C)C2CCCCC2)C2CC2)cc1. The molecule has 0 aromatic heterocycles. The van der Waals surface area contributed by atoms with Crippen LogP contribution in [0.25, 0.3) is 0 Å². The highest BCUT2D eigenvalue weighted by atomic mass is 16.5. The summed E-state index contributed by atoms with van der Waals surface area (Å²) in [5, 5.41) is 3.96. The van der Waals surface area contributed by atoms with Gasteiger partial charge in [-0.15, -0.1) is 0 Å². The molecule has 2 aliphatic rings. The van der Waals surface area contributed by atoms with Crippen LogP contribution in [0.1, 0.15) is 63.5 Å². The number of hydrogen-bond donors (Lipinski definition) is 1. The quantitative estimate of drug-likeness (QED) is 0.818. The average molecular weight is 287 g/mol. The second-order valence-corrected chi connectivity index (χ2v) is 6.94. The smallest absolute Gasteiger partial charge is 0.118 e. The summed E-state index contributed by atoms with van der Waals surface area (Å²) in [7, 11) is 1.73. The van der Waals surface area contributed by atoms with Crippen molar-refractivity contribution in [1.29, 1.82) is 0 Å². The molecule has 0 aliphatic heterocycles. The first-order valence-corrected chi connectivity index (χ1v) is 8.68. The maximum atomic E-state index is 5.28. The zero-order chi connectivity index (χ0) is 14.7. The van der Waals surface area contributed by atoms with E-state index in [-0.39, 0.29) is 0 Å². The normalized spacial score (nSPS) is 22.8. The largest absolute Gasteiger partial charge is 0.497 e. The topological polar surface area (TPSA) is 21.3 Å². The maximum Gasteiger partial charge on any atom is 0.118 e. The minimum atomic E-state index is 0.535. The lowest BCUT2D eigenvalue weighted by Crippen LogP contribution is -2.38. The van der Waals surface area contributed by atoms with E-state index in [1.807, 2.05) is 0 Å². The van der Waals surface area contributed by atoms with Gasteiger partial charge >= 0.3 is 0 Å². The van der Waals surface area contributed by atoms with Gasteiger partial charge < -0.3 is 10.1 Å². The molecular weight excluding hydrogens is 258 g/mol. The van der Waals surface area contributed by atoms with Crippen LogP contribution in [-0.4, -0.2) is 13.2 Å². The molecular formula is C19H29NO. The van der Waals surface area contributed by atoms with Crippen molar-refractivity contribution in [2.24, 2.45) is 11.8 Å². The Hall–Kier alpha value is -1.02. The highest BCUT2D eigenvalue weighted by Crippen LogP contribution is 2.42. The van der Waals surface area contributed by atoms with Crippen molar-refractivity contribution < 1.29 is 4.74 Å². The molecule has 1 aromatic rings. The van der Waals surface area contributed by atoms with Crippen LogP contribution in [0.2, 0.25) is 0 Å². The molecule has 1 unspecified atom stereocenters. The van der Waals surface area contributed by atoms with Crippen molar-refractivity contribution in [3.05, 3.63) is 29.8 Å². The van der Waals surface area contributed by atoms with E-state index in [2.05, 4.69) is 36.5 Å². The third-order valence-corrected chi connectivity index (χ3v) is 5.37. The molecule has 3 rings (SSSR count). The summed E-state index contributed by atoms with van der Waals surface area (Å²) >= 11 is 0. The molecule has 2 fully saturated rings. The third kappa shape index (κ3) is 3.79. The van der Waals surface area contributed by atoms with Crippen LogP contribution < -0.4 is 10.1 Å². The van der Waals surface area contributed by atoms with Crippen LogP contribution >= 0.6 is 0 Å². The van der Waals surface area contributed by atoms with E-state index < -0.39 is 0 Å². The van der Waals surface area contributed by atoms with Crippen LogP contribution in [0.4, 0.5) is 0 Å². The Morgan fingerprint density at radius 1 is 0.952 bits per heavy atom. The molecule has 21 heavy (non-hydrogen) atoms. The van der Waals surface area contributed by atoms with Gasteiger partial charge in [0, 0.05) is 12.1 Å². The number of hydrogen-bond acceptors (Lipinski definition) is 2. The molecule has 1 aromatic carbocycles. The Morgan fingerprint density at radius 3 is 2.19 bits per heavy atom. The fourth-order valence-electron chi connectivity index (χ4n) is 3.80. The highest BCUT2D eigenvalue weighted by molar-refractivity contribution is 5.30. The van der Waals surface area contributed by atoms with E-state index in [0.717, 1.165) is 17.6 Å². The first-order valence-electron chi connectivity index (χ1n) is 8.68. The van der Waals surface area contributed by atoms with E-state index in [0.29, 0.717) is 12.1 Å². The summed E-state index contributed by atoms with van der Waals surface area (Å²) < 4.78 is 5.28. The first kappa shape index (κ1) is 14.9. The zero-order valence-electron chi connectivity index (χ0n) is 13.5. The standard InChI is InChI=1S/C19H29NO/c1-14(15-6-4-3-5-7-15)20-19(16-8-9-16)17-10-12-18(21-2)13-11-17/h10-16,19-20H,3-9H2,1-2H3/t14-,19?/m1/s1. The highest BCUT2D eigenvalue weighted by Gasteiger charge is 2.34. The molecule has 2 nitrogen and oxygen atoms in total. The minimum absolute atomic E-state index is 0.535. The molecule has 0 spiro atoms. The summed E-state index contributed by atoms with van der Waals surface area (Å²) in [6.45, 7) is 2.40. The molecule has 0 amide bonds. The van der Waals surface area contributed by atoms with Gasteiger partial charge in [0.25, 0.3) is 0 Å². The number of nitrogens with one attached hydrogen (secondary N) is 1. The van der Waals surface area contributed by atoms with Gasteiger partial charge in [0.2, 0.25) is 0 Å². The average Bonchev–Trinajstić information content (AvgIpc) is 3.38. The van der Waals surface area contributed by atoms with Gasteiger partial charge in [-0.1, -0.05) is 31.4 Å². The van der Waals surface area contributed by atoms with Crippen LogP contribution in [0, 0.1) is 11.8 Å². The van der Waals surface area contributed by atoms with Gasteiger partial charge in [-0.05, 0) is 62.1 Å². The fraction of sp³-hybridized carbons (Fsp3) is 0.684. The summed E-state index contributed by atoms with van der Waals surface area (Å²) in [5.41, 5.74) is 1.43. The molecule has 0 bridgehead atoms. The Morgan fingerprint density at radius 2 is 1.62 bits per heavy atom. The van der Waals surface area contributed by atoms with Crippen LogP contribution in [-0.2, 0) is 0 Å². The van der Waals surface area contributed by atoms with Crippen molar-refractivity contribution in [2.45, 2.75) is 64.0 Å². The number of benzene rings is 1. The van der Waals surface area contributed by atoms with Crippen molar-refractivity contribution in [3.63, 3.8) is 0 Å². The van der Waals surface area contributed by atoms with Gasteiger partial charge in [0.1, 0.15) is 5.75 Å². The van der Waals surface area contributed by atoms with Gasteiger partial charge in [-0.25, -0.2) is 0 Å². The first-order chi connectivity index (χ1) is 10.3. The van der Waals surface area contributed by atoms with Gasteiger partial charge in [-0.2, -0.15) is 0 Å². The van der Waals surface area contributed by atoms with Crippen molar-refractivity contribution in [3.8, 4) is 5.75 Å². The maximum absolute atomic E-state index is 5.28. The Labute approximate surface area is 129 Å². The predicted octanol–water partition coefficient (Wildman–Crippen LogP) is 4.70. The second kappa shape index (κ2) is 6.83. The molecule has 2 atom stereocenters. The lowest BCUT2D eigenvalue weighted by atomic mass is 9.84. The van der Waals surface area contributed by atoms with Crippen molar-refractivity contribution in [1.82, 2.24) is 5.32 Å². The van der Waals surface area contributed by atoms with E-state index in [4.69, 9.17) is 4.74 Å². The van der Waals surface area contributed by atoms with Gasteiger partial charge in [0.05, 0.1) is 7.11 Å². The molecule has 2 saturated carbocycles. The summed E-state index contributed by atoms with van der Waals surface area (Å²) in [4.78, 5) is 0. The Balaban J connectivity index is 1.66. The summed E-state index contributed by atoms with van der Waals surface area (Å²) in [6.07, 6.45) is 9.86. The van der Waals surface area contributed by atoms with E-state index in [1.165, 1.54) is 50.5 Å². The third-order valence-electron chi connectivity index (χ3n) is 5.37. The van der Waals surface area contributed by atoms with Crippen LogP contribution in [0.3, 0.4) is 0 Å². The summed E-state index contributed by atoms with van der Waals surface area (Å²) in [5.74, 6) is 2.66. The lowest BCUT2D eigenvalue weighted by molar-refractivity contribution is 0.257. The molecule has 0 saturated heterocycles. The monoisotopic (exact) mass is 287 g/mol. The zero-order valence-corrected chi connectivity index (χ0v) is 13.5. The Bertz CT molecular complexity index is 431. The van der Waals surface area contributed by atoms with Crippen LogP contribution in [0.15, 0.2) is 24.3 Å². The van der Waals surface area contributed by atoms with Crippen molar-refractivity contribution >= 4 is 0 Å². The van der Waals surface area contributed by atoms with E-state index >= 15 is 0 Å². The van der Waals surface area contributed by atoms with Crippen molar-refractivity contribution in [2.75, 3.05) is 7.11 Å². The molecule has 2 aliphatic carbocycles. The lowest BCUT2D eigenvalue weighted by Gasteiger charge is -2.32. The summed E-state index contributed by atoms with van der Waals surface area (Å²) in [6, 6.07) is 9.84. The van der Waals surface area contributed by atoms with E-state index in [1.54, 1.807) is 7.11 Å². The number of methoxy groups -OCH3 is 1. The molecule has 2 heteroatoms. The number of rotatable bonds is 6. The molecule has 0 radical (unpaired) electrons. The Kier molecular flexibility index (Phi) is 4.84. The molecule has 1 N–H and O–H groups in total. The molecule has 0 heterocycles. The van der Waals surface area contributed by atoms with Gasteiger partial charge in [0.15, 0.2) is 0 Å². The minimum Gasteiger partial charge on any atom is -0.497 e. The number of ether oxygens (including phenoxy) is 1. The second-order valence-electron chi connectivity index (χ2n) is 6.94. The van der Waals surface area contributed by atoms with Gasteiger partial charge in [-0.3, -0.25) is 0 Å².